The predicted molar refractivity (Wildman–Crippen MR) is 61.5 cm³/mol. The van der Waals surface area contributed by atoms with Crippen molar-refractivity contribution >= 4 is 17.8 Å². The second kappa shape index (κ2) is 4.47. The van der Waals surface area contributed by atoms with Crippen LogP contribution in [0.15, 0.2) is 16.6 Å². The van der Waals surface area contributed by atoms with Crippen LogP contribution in [0.4, 0.5) is 0 Å². The van der Waals surface area contributed by atoms with Crippen LogP contribution >= 0.6 is 0 Å². The first-order valence-electron chi connectivity index (χ1n) is 5.36. The van der Waals surface area contributed by atoms with Crippen LogP contribution in [0.1, 0.15) is 33.6 Å². The molecule has 0 aromatic heterocycles. The van der Waals surface area contributed by atoms with Crippen LogP contribution in [0.5, 0.6) is 0 Å². The highest BCUT2D eigenvalue weighted by molar-refractivity contribution is 6.19. The van der Waals surface area contributed by atoms with Crippen molar-refractivity contribution in [3.63, 3.8) is 0 Å². The van der Waals surface area contributed by atoms with Crippen molar-refractivity contribution < 1.29 is 9.59 Å². The quantitative estimate of drug-likeness (QED) is 0.546. The van der Waals surface area contributed by atoms with Crippen LogP contribution in [0.3, 0.4) is 0 Å². The standard InChI is InChI=1S/C11H17N3O2/c1-4-6-7(3)11(5-2)8(15)13-10(12)14-9(11)16/h6H,4-5H2,1-3H3,(H3,12,13,14,15,16)/b7-6+. The van der Waals surface area contributed by atoms with E-state index >= 15 is 0 Å². The maximum absolute atomic E-state index is 12.0. The average Bonchev–Trinajstić information content (AvgIpc) is 2.18. The molecule has 0 spiro atoms. The fourth-order valence-corrected chi connectivity index (χ4v) is 1.97. The zero-order valence-electron chi connectivity index (χ0n) is 9.83. The normalized spacial score (nSPS) is 26.4. The number of rotatable bonds is 3. The number of nitrogens with two attached hydrogens (primary N) is 1. The molecule has 3 N–H and O–H groups in total. The summed E-state index contributed by atoms with van der Waals surface area (Å²) >= 11 is 0. The summed E-state index contributed by atoms with van der Waals surface area (Å²) in [6.45, 7) is 5.53. The highest BCUT2D eigenvalue weighted by atomic mass is 16.2. The van der Waals surface area contributed by atoms with Gasteiger partial charge in [-0.3, -0.25) is 14.9 Å². The molecular formula is C11H17N3O2. The van der Waals surface area contributed by atoms with Gasteiger partial charge in [-0.25, -0.2) is 0 Å². The molecule has 0 radical (unpaired) electrons. The lowest BCUT2D eigenvalue weighted by Gasteiger charge is -2.31. The van der Waals surface area contributed by atoms with Gasteiger partial charge in [-0.15, -0.1) is 0 Å². The summed E-state index contributed by atoms with van der Waals surface area (Å²) < 4.78 is 0. The molecule has 0 fully saturated rings. The van der Waals surface area contributed by atoms with Gasteiger partial charge in [-0.1, -0.05) is 25.5 Å². The van der Waals surface area contributed by atoms with Gasteiger partial charge in [0.05, 0.1) is 0 Å². The van der Waals surface area contributed by atoms with E-state index in [4.69, 9.17) is 5.73 Å². The lowest BCUT2D eigenvalue weighted by atomic mass is 9.75. The van der Waals surface area contributed by atoms with Gasteiger partial charge in [-0.05, 0) is 19.8 Å². The van der Waals surface area contributed by atoms with Crippen molar-refractivity contribution in [1.82, 2.24) is 5.32 Å². The van der Waals surface area contributed by atoms with Crippen molar-refractivity contribution in [3.05, 3.63) is 11.6 Å². The van der Waals surface area contributed by atoms with E-state index in [0.717, 1.165) is 12.0 Å². The van der Waals surface area contributed by atoms with Crippen LogP contribution in [0.2, 0.25) is 0 Å². The molecule has 88 valence electrons. The maximum atomic E-state index is 12.0. The molecule has 5 heteroatoms. The van der Waals surface area contributed by atoms with Crippen LogP contribution in [-0.4, -0.2) is 17.8 Å². The Morgan fingerprint density at radius 1 is 1.50 bits per heavy atom. The van der Waals surface area contributed by atoms with Crippen LogP contribution < -0.4 is 11.1 Å². The van der Waals surface area contributed by atoms with E-state index in [0.29, 0.717) is 6.42 Å². The second-order valence-electron chi connectivity index (χ2n) is 3.81. The first-order chi connectivity index (χ1) is 7.48. The molecule has 5 nitrogen and oxygen atoms in total. The lowest BCUT2D eigenvalue weighted by Crippen LogP contribution is -2.55. The third-order valence-corrected chi connectivity index (χ3v) is 2.93. The number of carbonyl (C=O) groups excluding carboxylic acids is 2. The first kappa shape index (κ1) is 12.4. The summed E-state index contributed by atoms with van der Waals surface area (Å²) in [5.74, 6) is -0.975. The van der Waals surface area contributed by atoms with Gasteiger partial charge in [0, 0.05) is 0 Å². The summed E-state index contributed by atoms with van der Waals surface area (Å²) in [5.41, 5.74) is 4.91. The topological polar surface area (TPSA) is 84.6 Å². The Balaban J connectivity index is 3.28. The molecule has 1 aliphatic heterocycles. The number of nitrogens with zero attached hydrogens (tertiary/aromatic N) is 1. The number of aliphatic imine (C=N–C) groups is 1. The summed E-state index contributed by atoms with van der Waals surface area (Å²) in [7, 11) is 0. The molecule has 16 heavy (non-hydrogen) atoms. The van der Waals surface area contributed by atoms with E-state index in [1.807, 2.05) is 13.0 Å². The summed E-state index contributed by atoms with van der Waals surface area (Å²) in [5, 5.41) is 2.42. The molecule has 1 atom stereocenters. The van der Waals surface area contributed by atoms with Gasteiger partial charge in [0.2, 0.25) is 11.9 Å². The molecule has 0 aromatic carbocycles. The highest BCUT2D eigenvalue weighted by Crippen LogP contribution is 2.34. The molecule has 1 aliphatic rings. The zero-order chi connectivity index (χ0) is 12.3. The Labute approximate surface area is 94.8 Å². The average molecular weight is 223 g/mol. The number of amides is 2. The maximum Gasteiger partial charge on any atom is 0.268 e. The second-order valence-corrected chi connectivity index (χ2v) is 3.81. The van der Waals surface area contributed by atoms with Crippen LogP contribution in [0, 0.1) is 5.41 Å². The minimum absolute atomic E-state index is 0.122. The molecule has 1 heterocycles. The van der Waals surface area contributed by atoms with E-state index < -0.39 is 11.3 Å². The third kappa shape index (κ3) is 1.73. The predicted octanol–water partition coefficient (Wildman–Crippen LogP) is 0.710. The minimum Gasteiger partial charge on any atom is -0.369 e. The fourth-order valence-electron chi connectivity index (χ4n) is 1.97. The van der Waals surface area contributed by atoms with E-state index in [-0.39, 0.29) is 11.9 Å². The zero-order valence-corrected chi connectivity index (χ0v) is 9.83. The summed E-state index contributed by atoms with van der Waals surface area (Å²) in [6, 6.07) is 0. The van der Waals surface area contributed by atoms with Gasteiger partial charge in [0.15, 0.2) is 5.41 Å². The number of hydrogen-bond donors (Lipinski definition) is 2. The third-order valence-electron chi connectivity index (χ3n) is 2.93. The SMILES string of the molecule is CC/C=C(\C)C1(CC)C(=O)N=C(N)NC1=O. The molecule has 0 saturated carbocycles. The van der Waals surface area contributed by atoms with Crippen LogP contribution in [0.25, 0.3) is 0 Å². The van der Waals surface area contributed by atoms with Gasteiger partial charge in [0.1, 0.15) is 0 Å². The van der Waals surface area contributed by atoms with E-state index in [1.165, 1.54) is 0 Å². The lowest BCUT2D eigenvalue weighted by molar-refractivity contribution is -0.139. The van der Waals surface area contributed by atoms with E-state index in [1.54, 1.807) is 13.8 Å². The molecule has 0 saturated heterocycles. The number of allylic oxidation sites excluding steroid dienone is 1. The van der Waals surface area contributed by atoms with Crippen LogP contribution in [-0.2, 0) is 9.59 Å². The Morgan fingerprint density at radius 3 is 2.56 bits per heavy atom. The Hall–Kier alpha value is -1.65. The molecule has 1 rings (SSSR count). The van der Waals surface area contributed by atoms with Crippen molar-refractivity contribution in [2.75, 3.05) is 0 Å². The number of nitrogens with one attached hydrogen (secondary N) is 1. The minimum atomic E-state index is -1.17. The van der Waals surface area contributed by atoms with Crippen molar-refractivity contribution in [3.8, 4) is 0 Å². The molecule has 2 amide bonds. The molecule has 0 bridgehead atoms. The van der Waals surface area contributed by atoms with Gasteiger partial charge < -0.3 is 5.73 Å². The molecular weight excluding hydrogens is 206 g/mol. The number of guanidine groups is 1. The number of carbonyl (C=O) groups is 2. The van der Waals surface area contributed by atoms with Crippen molar-refractivity contribution in [2.24, 2.45) is 16.1 Å². The van der Waals surface area contributed by atoms with Gasteiger partial charge in [-0.2, -0.15) is 4.99 Å². The molecule has 0 aromatic rings. The van der Waals surface area contributed by atoms with Crippen molar-refractivity contribution in [2.45, 2.75) is 33.6 Å². The Kier molecular flexibility index (Phi) is 3.47. The molecule has 1 unspecified atom stereocenters. The monoisotopic (exact) mass is 223 g/mol. The van der Waals surface area contributed by atoms with E-state index in [2.05, 4.69) is 10.3 Å². The Morgan fingerprint density at radius 2 is 2.12 bits per heavy atom. The smallest absolute Gasteiger partial charge is 0.268 e. The first-order valence-corrected chi connectivity index (χ1v) is 5.36. The summed E-state index contributed by atoms with van der Waals surface area (Å²) in [4.78, 5) is 27.5. The molecule has 0 aliphatic carbocycles. The largest absolute Gasteiger partial charge is 0.369 e. The number of hydrogen-bond acceptors (Lipinski definition) is 3. The van der Waals surface area contributed by atoms with Gasteiger partial charge in [0.25, 0.3) is 5.91 Å². The highest BCUT2D eigenvalue weighted by Gasteiger charge is 2.48. The fraction of sp³-hybridized carbons (Fsp3) is 0.545. The van der Waals surface area contributed by atoms with E-state index in [9.17, 15) is 9.59 Å². The van der Waals surface area contributed by atoms with Gasteiger partial charge >= 0.3 is 0 Å². The van der Waals surface area contributed by atoms with Crippen molar-refractivity contribution in [1.29, 1.82) is 0 Å². The Bertz CT molecular complexity index is 385. The summed E-state index contributed by atoms with van der Waals surface area (Å²) in [6.07, 6.45) is 3.03.